The summed E-state index contributed by atoms with van der Waals surface area (Å²) < 4.78 is 1.86. The molecule has 1 N–H and O–H groups in total. The summed E-state index contributed by atoms with van der Waals surface area (Å²) in [4.78, 5) is 12.1. The van der Waals surface area contributed by atoms with Crippen LogP contribution in [-0.4, -0.2) is 15.7 Å². The van der Waals surface area contributed by atoms with Gasteiger partial charge in [0.25, 0.3) is 0 Å². The molecule has 0 saturated heterocycles. The number of halogens is 1. The highest BCUT2D eigenvalue weighted by Crippen LogP contribution is 2.47. The summed E-state index contributed by atoms with van der Waals surface area (Å²) >= 11 is 5.88. The van der Waals surface area contributed by atoms with E-state index in [4.69, 9.17) is 11.6 Å². The highest BCUT2D eigenvalue weighted by Gasteiger charge is 2.43. The zero-order valence-electron chi connectivity index (χ0n) is 11.9. The van der Waals surface area contributed by atoms with Crippen LogP contribution in [0, 0.1) is 5.92 Å². The fraction of sp³-hybridized carbons (Fsp3) is 0.375. The molecule has 1 aliphatic carbocycles. The van der Waals surface area contributed by atoms with Crippen LogP contribution < -0.4 is 5.32 Å². The van der Waals surface area contributed by atoms with Crippen molar-refractivity contribution >= 4 is 17.5 Å². The molecule has 2 unspecified atom stereocenters. The number of hydrogen-bond acceptors (Lipinski definition) is 2. The molecule has 2 aromatic rings. The van der Waals surface area contributed by atoms with Gasteiger partial charge in [-0.1, -0.05) is 23.7 Å². The zero-order chi connectivity index (χ0) is 14.8. The molecule has 1 aromatic carbocycles. The molecule has 2 atom stereocenters. The Morgan fingerprint density at radius 2 is 2.14 bits per heavy atom. The van der Waals surface area contributed by atoms with Crippen LogP contribution in [0.5, 0.6) is 0 Å². The van der Waals surface area contributed by atoms with E-state index in [0.29, 0.717) is 12.5 Å². The smallest absolute Gasteiger partial charge is 0.224 e. The molecule has 0 spiro atoms. The second kappa shape index (κ2) is 5.90. The van der Waals surface area contributed by atoms with Gasteiger partial charge in [0.2, 0.25) is 5.91 Å². The van der Waals surface area contributed by atoms with Crippen molar-refractivity contribution in [3.05, 3.63) is 52.8 Å². The standard InChI is InChI=1S/C16H18ClN3O/c1-2-20-8-7-13(19-20)10-18-16(21)15-9-14(15)11-3-5-12(17)6-4-11/h3-8,14-15H,2,9-10H2,1H3,(H,18,21). The topological polar surface area (TPSA) is 46.9 Å². The number of benzene rings is 1. The van der Waals surface area contributed by atoms with E-state index in [2.05, 4.69) is 10.4 Å². The van der Waals surface area contributed by atoms with Crippen LogP contribution in [0.3, 0.4) is 0 Å². The van der Waals surface area contributed by atoms with E-state index >= 15 is 0 Å². The van der Waals surface area contributed by atoms with Crippen LogP contribution in [0.1, 0.15) is 30.5 Å². The minimum Gasteiger partial charge on any atom is -0.350 e. The van der Waals surface area contributed by atoms with Gasteiger partial charge in [-0.25, -0.2) is 0 Å². The predicted octanol–water partition coefficient (Wildman–Crippen LogP) is 2.98. The van der Waals surface area contributed by atoms with Crippen molar-refractivity contribution in [2.75, 3.05) is 0 Å². The Morgan fingerprint density at radius 1 is 1.38 bits per heavy atom. The summed E-state index contributed by atoms with van der Waals surface area (Å²) in [5, 5.41) is 8.05. The summed E-state index contributed by atoms with van der Waals surface area (Å²) in [5.41, 5.74) is 2.09. The Balaban J connectivity index is 1.52. The summed E-state index contributed by atoms with van der Waals surface area (Å²) in [6.07, 6.45) is 2.84. The Hall–Kier alpha value is -1.81. The molecule has 1 aliphatic rings. The van der Waals surface area contributed by atoms with Crippen molar-refractivity contribution in [3.8, 4) is 0 Å². The van der Waals surface area contributed by atoms with E-state index < -0.39 is 0 Å². The van der Waals surface area contributed by atoms with Crippen molar-refractivity contribution < 1.29 is 4.79 Å². The van der Waals surface area contributed by atoms with Crippen molar-refractivity contribution in [1.29, 1.82) is 0 Å². The third kappa shape index (κ3) is 3.27. The minimum absolute atomic E-state index is 0.0828. The monoisotopic (exact) mass is 303 g/mol. The molecule has 1 heterocycles. The van der Waals surface area contributed by atoms with Crippen LogP contribution >= 0.6 is 11.6 Å². The molecule has 1 aromatic heterocycles. The molecule has 1 amide bonds. The summed E-state index contributed by atoms with van der Waals surface area (Å²) in [6.45, 7) is 3.38. The van der Waals surface area contributed by atoms with Crippen LogP contribution in [0.2, 0.25) is 5.02 Å². The number of nitrogens with zero attached hydrogens (tertiary/aromatic N) is 2. The third-order valence-corrected chi connectivity index (χ3v) is 4.14. The Morgan fingerprint density at radius 3 is 2.81 bits per heavy atom. The normalized spacial score (nSPS) is 20.3. The highest BCUT2D eigenvalue weighted by atomic mass is 35.5. The summed E-state index contributed by atoms with van der Waals surface area (Å²) in [7, 11) is 0. The maximum atomic E-state index is 12.1. The third-order valence-electron chi connectivity index (χ3n) is 3.89. The molecule has 0 radical (unpaired) electrons. The van der Waals surface area contributed by atoms with E-state index in [0.717, 1.165) is 23.7 Å². The van der Waals surface area contributed by atoms with Gasteiger partial charge in [-0.3, -0.25) is 9.48 Å². The van der Waals surface area contributed by atoms with Crippen molar-refractivity contribution in [1.82, 2.24) is 15.1 Å². The average Bonchev–Trinajstić information content (AvgIpc) is 3.16. The first kappa shape index (κ1) is 14.1. The van der Waals surface area contributed by atoms with Gasteiger partial charge in [0.15, 0.2) is 0 Å². The van der Waals surface area contributed by atoms with Gasteiger partial charge in [0, 0.05) is 23.7 Å². The van der Waals surface area contributed by atoms with E-state index in [1.807, 2.05) is 48.1 Å². The second-order valence-corrected chi connectivity index (χ2v) is 5.82. The first-order chi connectivity index (χ1) is 10.2. The van der Waals surface area contributed by atoms with Crippen LogP contribution in [0.15, 0.2) is 36.5 Å². The number of rotatable bonds is 5. The fourth-order valence-corrected chi connectivity index (χ4v) is 2.67. The molecule has 1 saturated carbocycles. The van der Waals surface area contributed by atoms with Crippen LogP contribution in [0.25, 0.3) is 0 Å². The average molecular weight is 304 g/mol. The van der Waals surface area contributed by atoms with Crippen molar-refractivity contribution in [2.45, 2.75) is 32.4 Å². The second-order valence-electron chi connectivity index (χ2n) is 5.38. The lowest BCUT2D eigenvalue weighted by Gasteiger charge is -2.03. The predicted molar refractivity (Wildman–Crippen MR) is 82.0 cm³/mol. The minimum atomic E-state index is 0.0828. The van der Waals surface area contributed by atoms with Crippen LogP contribution in [-0.2, 0) is 17.9 Å². The molecule has 4 nitrogen and oxygen atoms in total. The molecule has 21 heavy (non-hydrogen) atoms. The van der Waals surface area contributed by atoms with E-state index in [-0.39, 0.29) is 11.8 Å². The van der Waals surface area contributed by atoms with Gasteiger partial charge in [-0.2, -0.15) is 5.10 Å². The summed E-state index contributed by atoms with van der Waals surface area (Å²) in [6, 6.07) is 9.70. The van der Waals surface area contributed by atoms with Gasteiger partial charge in [0.1, 0.15) is 0 Å². The largest absolute Gasteiger partial charge is 0.350 e. The van der Waals surface area contributed by atoms with Crippen LogP contribution in [0.4, 0.5) is 0 Å². The Labute approximate surface area is 129 Å². The van der Waals surface area contributed by atoms with E-state index in [1.165, 1.54) is 5.56 Å². The molecule has 0 bridgehead atoms. The number of carbonyl (C=O) groups excluding carboxylic acids is 1. The van der Waals surface area contributed by atoms with Gasteiger partial charge < -0.3 is 5.32 Å². The highest BCUT2D eigenvalue weighted by molar-refractivity contribution is 6.30. The molecule has 3 rings (SSSR count). The van der Waals surface area contributed by atoms with Gasteiger partial charge in [-0.05, 0) is 43.0 Å². The van der Waals surface area contributed by atoms with Crippen molar-refractivity contribution in [2.24, 2.45) is 5.92 Å². The number of aryl methyl sites for hydroxylation is 1. The molecule has 0 aliphatic heterocycles. The SMILES string of the molecule is CCn1ccc(CNC(=O)C2CC2c2ccc(Cl)cc2)n1. The Kier molecular flexibility index (Phi) is 3.97. The van der Waals surface area contributed by atoms with Crippen molar-refractivity contribution in [3.63, 3.8) is 0 Å². The first-order valence-corrected chi connectivity index (χ1v) is 7.60. The van der Waals surface area contributed by atoms with Gasteiger partial charge >= 0.3 is 0 Å². The maximum Gasteiger partial charge on any atom is 0.224 e. The van der Waals surface area contributed by atoms with E-state index in [9.17, 15) is 4.79 Å². The number of aromatic nitrogens is 2. The first-order valence-electron chi connectivity index (χ1n) is 7.23. The van der Waals surface area contributed by atoms with Gasteiger partial charge in [-0.15, -0.1) is 0 Å². The lowest BCUT2D eigenvalue weighted by atomic mass is 10.1. The quantitative estimate of drug-likeness (QED) is 0.923. The fourth-order valence-electron chi connectivity index (χ4n) is 2.55. The summed E-state index contributed by atoms with van der Waals surface area (Å²) in [5.74, 6) is 0.524. The molecular weight excluding hydrogens is 286 g/mol. The molecule has 1 fully saturated rings. The van der Waals surface area contributed by atoms with Gasteiger partial charge in [0.05, 0.1) is 12.2 Å². The molecular formula is C16H18ClN3O. The molecule has 110 valence electrons. The molecule has 5 heteroatoms. The lowest BCUT2D eigenvalue weighted by molar-refractivity contribution is -0.122. The number of hydrogen-bond donors (Lipinski definition) is 1. The number of carbonyl (C=O) groups is 1. The number of amides is 1. The maximum absolute atomic E-state index is 12.1. The van der Waals surface area contributed by atoms with E-state index in [1.54, 1.807) is 0 Å². The zero-order valence-corrected chi connectivity index (χ0v) is 12.7. The number of nitrogens with one attached hydrogen (secondary N) is 1. The Bertz CT molecular complexity index is 635. The lowest BCUT2D eigenvalue weighted by Crippen LogP contribution is -2.25.